The van der Waals surface area contributed by atoms with E-state index < -0.39 is 0 Å². The van der Waals surface area contributed by atoms with Crippen LogP contribution in [0.3, 0.4) is 0 Å². The van der Waals surface area contributed by atoms with Crippen LogP contribution in [0.2, 0.25) is 0 Å². The standard InChI is InChI=1S/C17H19FN4/c1-3-12(19)10-22-16(13-6-4-5-7-14(13)18)21-15-8-11(2)9-20-17(15)22/h4-9,12H,3,10,19H2,1-2H3. The molecular weight excluding hydrogens is 279 g/mol. The van der Waals surface area contributed by atoms with Crippen LogP contribution in [0.25, 0.3) is 22.6 Å². The zero-order chi connectivity index (χ0) is 15.7. The number of nitrogens with two attached hydrogens (primary N) is 1. The number of halogens is 1. The van der Waals surface area contributed by atoms with Gasteiger partial charge in [0.25, 0.3) is 0 Å². The Balaban J connectivity index is 2.23. The maximum atomic E-state index is 14.2. The van der Waals surface area contributed by atoms with Gasteiger partial charge in [-0.15, -0.1) is 0 Å². The lowest BCUT2D eigenvalue weighted by molar-refractivity contribution is 0.547. The van der Waals surface area contributed by atoms with E-state index in [0.717, 1.165) is 23.1 Å². The molecule has 0 aliphatic heterocycles. The SMILES string of the molecule is CCC(N)Cn1c(-c2ccccc2F)nc2cc(C)cnc21. The molecule has 0 bridgehead atoms. The molecule has 2 aromatic heterocycles. The average molecular weight is 298 g/mol. The van der Waals surface area contributed by atoms with Crippen LogP contribution < -0.4 is 5.73 Å². The highest BCUT2D eigenvalue weighted by molar-refractivity contribution is 5.77. The van der Waals surface area contributed by atoms with Crippen LogP contribution >= 0.6 is 0 Å². The number of aromatic nitrogens is 3. The molecule has 5 heteroatoms. The van der Waals surface area contributed by atoms with Crippen molar-refractivity contribution >= 4 is 11.2 Å². The largest absolute Gasteiger partial charge is 0.326 e. The van der Waals surface area contributed by atoms with Gasteiger partial charge in [0.1, 0.15) is 17.2 Å². The molecule has 22 heavy (non-hydrogen) atoms. The lowest BCUT2D eigenvalue weighted by Gasteiger charge is -2.13. The van der Waals surface area contributed by atoms with Crippen molar-refractivity contribution in [3.05, 3.63) is 47.9 Å². The van der Waals surface area contributed by atoms with Gasteiger partial charge in [0.2, 0.25) is 0 Å². The van der Waals surface area contributed by atoms with Crippen molar-refractivity contribution in [1.82, 2.24) is 14.5 Å². The fourth-order valence-electron chi connectivity index (χ4n) is 2.50. The van der Waals surface area contributed by atoms with E-state index in [4.69, 9.17) is 5.73 Å². The summed E-state index contributed by atoms with van der Waals surface area (Å²) in [5, 5.41) is 0. The van der Waals surface area contributed by atoms with E-state index in [1.54, 1.807) is 24.4 Å². The van der Waals surface area contributed by atoms with Crippen molar-refractivity contribution in [3.8, 4) is 11.4 Å². The molecule has 114 valence electrons. The third-order valence-corrected chi connectivity index (χ3v) is 3.78. The number of hydrogen-bond acceptors (Lipinski definition) is 3. The van der Waals surface area contributed by atoms with Crippen LogP contribution in [0.15, 0.2) is 36.5 Å². The van der Waals surface area contributed by atoms with Gasteiger partial charge in [0.15, 0.2) is 5.65 Å². The number of nitrogens with zero attached hydrogens (tertiary/aromatic N) is 3. The van der Waals surface area contributed by atoms with Crippen molar-refractivity contribution in [3.63, 3.8) is 0 Å². The van der Waals surface area contributed by atoms with Gasteiger partial charge in [-0.05, 0) is 37.1 Å². The van der Waals surface area contributed by atoms with Gasteiger partial charge in [-0.25, -0.2) is 14.4 Å². The molecule has 1 aromatic carbocycles. The fourth-order valence-corrected chi connectivity index (χ4v) is 2.50. The molecule has 0 spiro atoms. The monoisotopic (exact) mass is 298 g/mol. The van der Waals surface area contributed by atoms with E-state index in [2.05, 4.69) is 9.97 Å². The minimum atomic E-state index is -0.291. The summed E-state index contributed by atoms with van der Waals surface area (Å²) < 4.78 is 16.1. The predicted molar refractivity (Wildman–Crippen MR) is 85.9 cm³/mol. The van der Waals surface area contributed by atoms with Crippen LogP contribution in [0.5, 0.6) is 0 Å². The lowest BCUT2D eigenvalue weighted by atomic mass is 10.2. The number of rotatable bonds is 4. The van der Waals surface area contributed by atoms with E-state index >= 15 is 0 Å². The quantitative estimate of drug-likeness (QED) is 0.804. The Bertz CT molecular complexity index is 810. The van der Waals surface area contributed by atoms with Gasteiger partial charge in [0.05, 0.1) is 5.56 Å². The minimum Gasteiger partial charge on any atom is -0.326 e. The third kappa shape index (κ3) is 2.60. The van der Waals surface area contributed by atoms with Crippen molar-refractivity contribution in [1.29, 1.82) is 0 Å². The van der Waals surface area contributed by atoms with Crippen LogP contribution in [0.4, 0.5) is 4.39 Å². The molecule has 0 fully saturated rings. The highest BCUT2D eigenvalue weighted by Crippen LogP contribution is 2.26. The Labute approximate surface area is 128 Å². The van der Waals surface area contributed by atoms with E-state index in [1.807, 2.05) is 24.5 Å². The predicted octanol–water partition coefficient (Wildman–Crippen LogP) is 3.28. The van der Waals surface area contributed by atoms with Gasteiger partial charge in [-0.1, -0.05) is 19.1 Å². The Morgan fingerprint density at radius 3 is 2.82 bits per heavy atom. The van der Waals surface area contributed by atoms with Gasteiger partial charge in [0, 0.05) is 18.8 Å². The second kappa shape index (κ2) is 5.85. The van der Waals surface area contributed by atoms with Gasteiger partial charge >= 0.3 is 0 Å². The van der Waals surface area contributed by atoms with Crippen LogP contribution in [-0.2, 0) is 6.54 Å². The molecule has 2 N–H and O–H groups in total. The summed E-state index contributed by atoms with van der Waals surface area (Å²) in [7, 11) is 0. The smallest absolute Gasteiger partial charge is 0.160 e. The fraction of sp³-hybridized carbons (Fsp3) is 0.294. The van der Waals surface area contributed by atoms with Gasteiger partial charge in [-0.3, -0.25) is 0 Å². The van der Waals surface area contributed by atoms with E-state index in [9.17, 15) is 4.39 Å². The summed E-state index contributed by atoms with van der Waals surface area (Å²) in [6.45, 7) is 4.56. The van der Waals surface area contributed by atoms with Crippen LogP contribution in [0.1, 0.15) is 18.9 Å². The van der Waals surface area contributed by atoms with Gasteiger partial charge < -0.3 is 10.3 Å². The number of pyridine rings is 1. The van der Waals surface area contributed by atoms with E-state index in [1.165, 1.54) is 6.07 Å². The first kappa shape index (κ1) is 14.7. The number of hydrogen-bond donors (Lipinski definition) is 1. The van der Waals surface area contributed by atoms with E-state index in [-0.39, 0.29) is 11.9 Å². The van der Waals surface area contributed by atoms with Crippen molar-refractivity contribution < 1.29 is 4.39 Å². The Hall–Kier alpha value is -2.27. The molecule has 1 atom stereocenters. The van der Waals surface area contributed by atoms with Crippen molar-refractivity contribution in [2.45, 2.75) is 32.9 Å². The Kier molecular flexibility index (Phi) is 3.90. The topological polar surface area (TPSA) is 56.7 Å². The zero-order valence-corrected chi connectivity index (χ0v) is 12.8. The summed E-state index contributed by atoms with van der Waals surface area (Å²) in [6.07, 6.45) is 2.63. The van der Waals surface area contributed by atoms with Gasteiger partial charge in [-0.2, -0.15) is 0 Å². The van der Waals surface area contributed by atoms with Crippen molar-refractivity contribution in [2.75, 3.05) is 0 Å². The van der Waals surface area contributed by atoms with Crippen LogP contribution in [-0.4, -0.2) is 20.6 Å². The molecular formula is C17H19FN4. The zero-order valence-electron chi connectivity index (χ0n) is 12.8. The summed E-state index contributed by atoms with van der Waals surface area (Å²) >= 11 is 0. The highest BCUT2D eigenvalue weighted by atomic mass is 19.1. The molecule has 2 heterocycles. The molecule has 0 amide bonds. The number of imidazole rings is 1. The molecule has 0 aliphatic rings. The first-order chi connectivity index (χ1) is 10.6. The molecule has 1 unspecified atom stereocenters. The number of aryl methyl sites for hydroxylation is 1. The summed E-state index contributed by atoms with van der Waals surface area (Å²) in [6, 6.07) is 8.59. The Morgan fingerprint density at radius 2 is 2.09 bits per heavy atom. The second-order valence-corrected chi connectivity index (χ2v) is 5.55. The van der Waals surface area contributed by atoms with Crippen LogP contribution in [0, 0.1) is 12.7 Å². The minimum absolute atomic E-state index is 0.0222. The summed E-state index contributed by atoms with van der Waals surface area (Å²) in [4.78, 5) is 9.06. The normalized spacial score (nSPS) is 12.7. The molecule has 0 aliphatic carbocycles. The van der Waals surface area contributed by atoms with Crippen molar-refractivity contribution in [2.24, 2.45) is 5.73 Å². The third-order valence-electron chi connectivity index (χ3n) is 3.78. The molecule has 4 nitrogen and oxygen atoms in total. The maximum absolute atomic E-state index is 14.2. The number of benzene rings is 1. The summed E-state index contributed by atoms with van der Waals surface area (Å²) in [5.41, 5.74) is 9.11. The van der Waals surface area contributed by atoms with E-state index in [0.29, 0.717) is 17.9 Å². The maximum Gasteiger partial charge on any atom is 0.160 e. The lowest BCUT2D eigenvalue weighted by Crippen LogP contribution is -2.25. The summed E-state index contributed by atoms with van der Waals surface area (Å²) in [5.74, 6) is 0.288. The number of fused-ring (bicyclic) bond motifs is 1. The average Bonchev–Trinajstić information content (AvgIpc) is 2.85. The molecule has 0 saturated carbocycles. The molecule has 0 radical (unpaired) electrons. The first-order valence-corrected chi connectivity index (χ1v) is 7.43. The molecule has 3 aromatic rings. The second-order valence-electron chi connectivity index (χ2n) is 5.55. The molecule has 3 rings (SSSR count). The molecule has 0 saturated heterocycles. The first-order valence-electron chi connectivity index (χ1n) is 7.43. The Morgan fingerprint density at radius 1 is 1.32 bits per heavy atom. The highest BCUT2D eigenvalue weighted by Gasteiger charge is 2.17.